The van der Waals surface area contributed by atoms with Gasteiger partial charge >= 0.3 is 0 Å². The zero-order valence-electron chi connectivity index (χ0n) is 8.10. The van der Waals surface area contributed by atoms with Crippen molar-refractivity contribution in [2.24, 2.45) is 11.8 Å². The Balaban J connectivity index is 1.69. The van der Waals surface area contributed by atoms with Crippen LogP contribution in [0.5, 0.6) is 0 Å². The van der Waals surface area contributed by atoms with Crippen molar-refractivity contribution in [3.8, 4) is 0 Å². The van der Waals surface area contributed by atoms with Crippen LogP contribution in [0.2, 0.25) is 0 Å². The molecule has 0 saturated heterocycles. The highest BCUT2D eigenvalue weighted by molar-refractivity contribution is 4.87. The van der Waals surface area contributed by atoms with Gasteiger partial charge in [0.1, 0.15) is 0 Å². The van der Waals surface area contributed by atoms with E-state index in [0.29, 0.717) is 0 Å². The second kappa shape index (κ2) is 4.30. The molecular formula is C12H21. The summed E-state index contributed by atoms with van der Waals surface area (Å²) in [5.41, 5.74) is 0. The van der Waals surface area contributed by atoms with Crippen molar-refractivity contribution < 1.29 is 0 Å². The molecule has 2 saturated carbocycles. The monoisotopic (exact) mass is 165 g/mol. The van der Waals surface area contributed by atoms with Crippen LogP contribution in [0.3, 0.4) is 0 Å². The van der Waals surface area contributed by atoms with Gasteiger partial charge in [-0.15, -0.1) is 0 Å². The summed E-state index contributed by atoms with van der Waals surface area (Å²) in [6.45, 7) is 0. The molecule has 0 heterocycles. The third kappa shape index (κ3) is 2.24. The number of hydrogen-bond donors (Lipinski definition) is 0. The van der Waals surface area contributed by atoms with Gasteiger partial charge in [0, 0.05) is 0 Å². The first kappa shape index (κ1) is 8.59. The molecule has 0 unspecified atom stereocenters. The second-order valence-electron chi connectivity index (χ2n) is 4.64. The number of hydrogen-bond acceptors (Lipinski definition) is 0. The van der Waals surface area contributed by atoms with Crippen molar-refractivity contribution in [1.29, 1.82) is 0 Å². The Morgan fingerprint density at radius 3 is 1.50 bits per heavy atom. The van der Waals surface area contributed by atoms with E-state index >= 15 is 0 Å². The van der Waals surface area contributed by atoms with E-state index in [4.69, 9.17) is 0 Å². The summed E-state index contributed by atoms with van der Waals surface area (Å²) in [7, 11) is 0. The molecule has 0 spiro atoms. The average Bonchev–Trinajstić information content (AvgIpc) is 2.59. The normalized spacial score (nSPS) is 28.0. The molecule has 0 atom stereocenters. The van der Waals surface area contributed by atoms with Crippen LogP contribution in [0.1, 0.15) is 57.8 Å². The van der Waals surface area contributed by atoms with Crippen LogP contribution in [-0.4, -0.2) is 0 Å². The summed E-state index contributed by atoms with van der Waals surface area (Å²) in [4.78, 5) is 0. The van der Waals surface area contributed by atoms with Gasteiger partial charge in [-0.05, 0) is 18.3 Å². The largest absolute Gasteiger partial charge is 0.0533 e. The fourth-order valence-corrected chi connectivity index (χ4v) is 2.86. The van der Waals surface area contributed by atoms with Crippen LogP contribution in [0.25, 0.3) is 0 Å². The van der Waals surface area contributed by atoms with Gasteiger partial charge in [0.2, 0.25) is 0 Å². The van der Waals surface area contributed by atoms with Crippen molar-refractivity contribution in [2.45, 2.75) is 57.8 Å². The molecule has 0 aromatic rings. The average molecular weight is 165 g/mol. The molecule has 0 aromatic carbocycles. The summed E-state index contributed by atoms with van der Waals surface area (Å²) in [5.74, 6) is 2.01. The molecule has 2 fully saturated rings. The molecule has 2 rings (SSSR count). The predicted octanol–water partition coefficient (Wildman–Crippen LogP) is 3.96. The maximum absolute atomic E-state index is 2.70. The Morgan fingerprint density at radius 2 is 1.00 bits per heavy atom. The fraction of sp³-hybridized carbons (Fsp3) is 0.917. The zero-order chi connectivity index (χ0) is 8.23. The van der Waals surface area contributed by atoms with Gasteiger partial charge in [0.15, 0.2) is 0 Å². The third-order valence-electron chi connectivity index (χ3n) is 3.59. The standard InChI is InChI=1S/C12H21/c1-2-6-11(7-3-1)10-12-8-4-5-9-12/h10-12H,1-9H2. The Labute approximate surface area is 76.7 Å². The lowest BCUT2D eigenvalue weighted by molar-refractivity contribution is 0.365. The van der Waals surface area contributed by atoms with Gasteiger partial charge in [0.05, 0.1) is 0 Å². The van der Waals surface area contributed by atoms with E-state index in [-0.39, 0.29) is 0 Å². The molecule has 12 heavy (non-hydrogen) atoms. The SMILES string of the molecule is [CH](C1CCCCC1)C1CCCC1. The van der Waals surface area contributed by atoms with E-state index < -0.39 is 0 Å². The predicted molar refractivity (Wildman–Crippen MR) is 52.8 cm³/mol. The Kier molecular flexibility index (Phi) is 3.08. The quantitative estimate of drug-likeness (QED) is 0.581. The van der Waals surface area contributed by atoms with E-state index in [9.17, 15) is 0 Å². The molecule has 69 valence electrons. The van der Waals surface area contributed by atoms with E-state index in [2.05, 4.69) is 6.42 Å². The number of rotatable bonds is 2. The molecule has 0 bridgehead atoms. The van der Waals surface area contributed by atoms with Crippen molar-refractivity contribution in [1.82, 2.24) is 0 Å². The third-order valence-corrected chi connectivity index (χ3v) is 3.59. The molecule has 0 N–H and O–H groups in total. The Bertz CT molecular complexity index is 116. The van der Waals surface area contributed by atoms with Crippen LogP contribution in [0.15, 0.2) is 0 Å². The molecule has 1 radical (unpaired) electrons. The van der Waals surface area contributed by atoms with Gasteiger partial charge in [-0.1, -0.05) is 57.8 Å². The lowest BCUT2D eigenvalue weighted by Gasteiger charge is -2.23. The Morgan fingerprint density at radius 1 is 0.583 bits per heavy atom. The lowest BCUT2D eigenvalue weighted by atomic mass is 9.82. The lowest BCUT2D eigenvalue weighted by Crippen LogP contribution is -2.11. The van der Waals surface area contributed by atoms with Crippen LogP contribution in [-0.2, 0) is 0 Å². The van der Waals surface area contributed by atoms with Gasteiger partial charge in [0.25, 0.3) is 0 Å². The summed E-state index contributed by atoms with van der Waals surface area (Å²) in [5, 5.41) is 0. The molecule has 2 aliphatic carbocycles. The molecule has 0 amide bonds. The minimum atomic E-state index is 1.00. The smallest absolute Gasteiger partial charge is 0.0324 e. The first-order valence-electron chi connectivity index (χ1n) is 5.80. The van der Waals surface area contributed by atoms with Gasteiger partial charge in [-0.25, -0.2) is 0 Å². The van der Waals surface area contributed by atoms with Crippen LogP contribution < -0.4 is 0 Å². The summed E-state index contributed by atoms with van der Waals surface area (Å²) >= 11 is 0. The van der Waals surface area contributed by atoms with Gasteiger partial charge < -0.3 is 0 Å². The van der Waals surface area contributed by atoms with Crippen molar-refractivity contribution in [3.63, 3.8) is 0 Å². The van der Waals surface area contributed by atoms with Crippen molar-refractivity contribution in [2.75, 3.05) is 0 Å². The van der Waals surface area contributed by atoms with E-state index in [1.807, 2.05) is 0 Å². The van der Waals surface area contributed by atoms with E-state index in [1.165, 1.54) is 57.8 Å². The molecule has 0 nitrogen and oxygen atoms in total. The highest BCUT2D eigenvalue weighted by Crippen LogP contribution is 2.34. The topological polar surface area (TPSA) is 0 Å². The zero-order valence-corrected chi connectivity index (χ0v) is 8.10. The highest BCUT2D eigenvalue weighted by atomic mass is 14.3. The van der Waals surface area contributed by atoms with Crippen LogP contribution >= 0.6 is 0 Å². The minimum Gasteiger partial charge on any atom is -0.0533 e. The van der Waals surface area contributed by atoms with Gasteiger partial charge in [-0.3, -0.25) is 0 Å². The molecule has 2 aliphatic rings. The molecule has 0 aromatic heterocycles. The second-order valence-corrected chi connectivity index (χ2v) is 4.64. The molecule has 0 heteroatoms. The van der Waals surface area contributed by atoms with Crippen molar-refractivity contribution in [3.05, 3.63) is 6.42 Å². The van der Waals surface area contributed by atoms with E-state index in [0.717, 1.165) is 11.8 Å². The van der Waals surface area contributed by atoms with Crippen LogP contribution in [0, 0.1) is 18.3 Å². The molecular weight excluding hydrogens is 144 g/mol. The van der Waals surface area contributed by atoms with Crippen molar-refractivity contribution >= 4 is 0 Å². The minimum absolute atomic E-state index is 1.00. The molecule has 0 aliphatic heterocycles. The first-order chi connectivity index (χ1) is 5.95. The summed E-state index contributed by atoms with van der Waals surface area (Å²) in [6, 6.07) is 0. The first-order valence-corrected chi connectivity index (χ1v) is 5.80. The summed E-state index contributed by atoms with van der Waals surface area (Å²) in [6.07, 6.45) is 16.2. The fourth-order valence-electron chi connectivity index (χ4n) is 2.86. The maximum atomic E-state index is 2.70. The van der Waals surface area contributed by atoms with Gasteiger partial charge in [-0.2, -0.15) is 0 Å². The Hall–Kier alpha value is 0. The van der Waals surface area contributed by atoms with Crippen LogP contribution in [0.4, 0.5) is 0 Å². The highest BCUT2D eigenvalue weighted by Gasteiger charge is 2.21. The maximum Gasteiger partial charge on any atom is -0.0324 e. The summed E-state index contributed by atoms with van der Waals surface area (Å²) < 4.78 is 0. The van der Waals surface area contributed by atoms with E-state index in [1.54, 1.807) is 0 Å².